The van der Waals surface area contributed by atoms with Crippen LogP contribution in [-0.4, -0.2) is 38.0 Å². The predicted octanol–water partition coefficient (Wildman–Crippen LogP) is 1.77. The third-order valence-corrected chi connectivity index (χ3v) is 3.87. The second-order valence-corrected chi connectivity index (χ2v) is 5.45. The number of nitrogens with two attached hydrogens (primary N) is 1. The summed E-state index contributed by atoms with van der Waals surface area (Å²) < 4.78 is 1.05. The first-order chi connectivity index (χ1) is 8.59. The standard InChI is InChI=1S/C13H17N3OS/c1-16(2)8-7-15-13(17)12-11(14)9-5-3-4-6-10(9)18-12/h3-6H,7-8,14H2,1-2H3,(H,15,17). The minimum atomic E-state index is -0.0875. The molecule has 0 saturated carbocycles. The van der Waals surface area contributed by atoms with E-state index >= 15 is 0 Å². The SMILES string of the molecule is CN(C)CCNC(=O)c1sc2ccccc2c1N. The van der Waals surface area contributed by atoms with E-state index in [1.165, 1.54) is 11.3 Å². The molecule has 0 fully saturated rings. The number of nitrogens with one attached hydrogen (secondary N) is 1. The fourth-order valence-corrected chi connectivity index (χ4v) is 2.75. The van der Waals surface area contributed by atoms with Crippen molar-refractivity contribution in [2.24, 2.45) is 0 Å². The van der Waals surface area contributed by atoms with Gasteiger partial charge < -0.3 is 16.0 Å². The van der Waals surface area contributed by atoms with Crippen LogP contribution < -0.4 is 11.1 Å². The van der Waals surface area contributed by atoms with Gasteiger partial charge in [0.2, 0.25) is 0 Å². The normalized spacial score (nSPS) is 11.1. The van der Waals surface area contributed by atoms with Crippen molar-refractivity contribution in [1.82, 2.24) is 10.2 Å². The highest BCUT2D eigenvalue weighted by atomic mass is 32.1. The van der Waals surface area contributed by atoms with Crippen LogP contribution in [0.2, 0.25) is 0 Å². The number of thiophene rings is 1. The summed E-state index contributed by atoms with van der Waals surface area (Å²) in [4.78, 5) is 14.6. The third kappa shape index (κ3) is 2.63. The maximum absolute atomic E-state index is 12.0. The molecule has 0 atom stereocenters. The number of nitrogens with zero attached hydrogens (tertiary/aromatic N) is 1. The Kier molecular flexibility index (Phi) is 3.84. The molecule has 1 aromatic carbocycles. The Morgan fingerprint density at radius 1 is 1.39 bits per heavy atom. The van der Waals surface area contributed by atoms with Gasteiger partial charge in [0.1, 0.15) is 4.88 Å². The fraction of sp³-hybridized carbons (Fsp3) is 0.308. The highest BCUT2D eigenvalue weighted by Gasteiger charge is 2.15. The zero-order chi connectivity index (χ0) is 13.1. The molecule has 0 radical (unpaired) electrons. The Bertz CT molecular complexity index is 562. The van der Waals surface area contributed by atoms with Crippen LogP contribution in [0.15, 0.2) is 24.3 Å². The number of hydrogen-bond acceptors (Lipinski definition) is 4. The first kappa shape index (κ1) is 12.9. The van der Waals surface area contributed by atoms with Crippen molar-refractivity contribution in [2.45, 2.75) is 0 Å². The van der Waals surface area contributed by atoms with Gasteiger partial charge in [0.25, 0.3) is 5.91 Å². The summed E-state index contributed by atoms with van der Waals surface area (Å²) in [6, 6.07) is 7.80. The van der Waals surface area contributed by atoms with Gasteiger partial charge in [-0.25, -0.2) is 0 Å². The van der Waals surface area contributed by atoms with Crippen molar-refractivity contribution < 1.29 is 4.79 Å². The third-order valence-electron chi connectivity index (χ3n) is 2.68. The molecular weight excluding hydrogens is 246 g/mol. The van der Waals surface area contributed by atoms with Gasteiger partial charge in [0, 0.05) is 23.2 Å². The summed E-state index contributed by atoms with van der Waals surface area (Å²) in [5.74, 6) is -0.0875. The maximum Gasteiger partial charge on any atom is 0.263 e. The average molecular weight is 263 g/mol. The van der Waals surface area contributed by atoms with Crippen LogP contribution in [-0.2, 0) is 0 Å². The Hall–Kier alpha value is -1.59. The molecule has 3 N–H and O–H groups in total. The van der Waals surface area contributed by atoms with Crippen molar-refractivity contribution in [3.8, 4) is 0 Å². The van der Waals surface area contributed by atoms with Crippen LogP contribution in [0.4, 0.5) is 5.69 Å². The average Bonchev–Trinajstić information content (AvgIpc) is 2.67. The van der Waals surface area contributed by atoms with E-state index in [0.29, 0.717) is 17.1 Å². The zero-order valence-electron chi connectivity index (χ0n) is 10.6. The second-order valence-electron chi connectivity index (χ2n) is 4.40. The molecule has 0 spiro atoms. The molecule has 0 saturated heterocycles. The molecule has 0 aliphatic heterocycles. The molecule has 5 heteroatoms. The van der Waals surface area contributed by atoms with Crippen LogP contribution >= 0.6 is 11.3 Å². The zero-order valence-corrected chi connectivity index (χ0v) is 11.4. The highest BCUT2D eigenvalue weighted by molar-refractivity contribution is 7.21. The van der Waals surface area contributed by atoms with Gasteiger partial charge in [-0.15, -0.1) is 11.3 Å². The van der Waals surface area contributed by atoms with Crippen molar-refractivity contribution >= 4 is 33.0 Å². The van der Waals surface area contributed by atoms with Gasteiger partial charge in [0.15, 0.2) is 0 Å². The number of fused-ring (bicyclic) bond motifs is 1. The monoisotopic (exact) mass is 263 g/mol. The van der Waals surface area contributed by atoms with Crippen LogP contribution in [0.25, 0.3) is 10.1 Å². The van der Waals surface area contributed by atoms with E-state index in [1.807, 2.05) is 43.3 Å². The van der Waals surface area contributed by atoms with Crippen LogP contribution in [0.1, 0.15) is 9.67 Å². The lowest BCUT2D eigenvalue weighted by Crippen LogP contribution is -2.31. The minimum Gasteiger partial charge on any atom is -0.397 e. The van der Waals surface area contributed by atoms with Crippen LogP contribution in [0.5, 0.6) is 0 Å². The lowest BCUT2D eigenvalue weighted by molar-refractivity contribution is 0.0956. The van der Waals surface area contributed by atoms with Crippen molar-refractivity contribution in [3.63, 3.8) is 0 Å². The number of hydrogen-bond donors (Lipinski definition) is 2. The molecule has 1 amide bonds. The Morgan fingerprint density at radius 2 is 2.11 bits per heavy atom. The largest absolute Gasteiger partial charge is 0.397 e. The number of amides is 1. The molecule has 4 nitrogen and oxygen atoms in total. The summed E-state index contributed by atoms with van der Waals surface area (Å²) in [5.41, 5.74) is 6.59. The van der Waals surface area contributed by atoms with E-state index in [2.05, 4.69) is 5.32 Å². The summed E-state index contributed by atoms with van der Waals surface area (Å²) in [5, 5.41) is 3.84. The summed E-state index contributed by atoms with van der Waals surface area (Å²) in [7, 11) is 3.94. The van der Waals surface area contributed by atoms with Crippen LogP contribution in [0.3, 0.4) is 0 Å². The van der Waals surface area contributed by atoms with Gasteiger partial charge in [0.05, 0.1) is 5.69 Å². The lowest BCUT2D eigenvalue weighted by atomic mass is 10.2. The van der Waals surface area contributed by atoms with Gasteiger partial charge in [-0.1, -0.05) is 18.2 Å². The number of anilines is 1. The molecule has 0 aliphatic rings. The second kappa shape index (κ2) is 5.37. The Balaban J connectivity index is 2.15. The number of carbonyl (C=O) groups excluding carboxylic acids is 1. The molecule has 1 aromatic heterocycles. The maximum atomic E-state index is 12.0. The number of benzene rings is 1. The van der Waals surface area contributed by atoms with Gasteiger partial charge >= 0.3 is 0 Å². The van der Waals surface area contributed by atoms with Crippen molar-refractivity contribution in [1.29, 1.82) is 0 Å². The summed E-state index contributed by atoms with van der Waals surface area (Å²) in [6.07, 6.45) is 0. The first-order valence-corrected chi connectivity index (χ1v) is 6.61. The molecule has 2 rings (SSSR count). The van der Waals surface area contributed by atoms with E-state index in [-0.39, 0.29) is 5.91 Å². The van der Waals surface area contributed by atoms with Crippen molar-refractivity contribution in [2.75, 3.05) is 32.9 Å². The van der Waals surface area contributed by atoms with Crippen LogP contribution in [0, 0.1) is 0 Å². The fourth-order valence-electron chi connectivity index (χ4n) is 1.71. The molecule has 0 unspecified atom stereocenters. The van der Waals surface area contributed by atoms with E-state index in [4.69, 9.17) is 5.73 Å². The number of likely N-dealkylation sites (N-methyl/N-ethyl adjacent to an activating group) is 1. The first-order valence-electron chi connectivity index (χ1n) is 5.79. The number of rotatable bonds is 4. The number of nitrogen functional groups attached to an aromatic ring is 1. The van der Waals surface area contributed by atoms with Gasteiger partial charge in [-0.3, -0.25) is 4.79 Å². The molecule has 0 bridgehead atoms. The molecular formula is C13H17N3OS. The lowest BCUT2D eigenvalue weighted by Gasteiger charge is -2.09. The Labute approximate surface area is 110 Å². The Morgan fingerprint density at radius 3 is 2.78 bits per heavy atom. The molecule has 1 heterocycles. The van der Waals surface area contributed by atoms with Crippen molar-refractivity contribution in [3.05, 3.63) is 29.1 Å². The topological polar surface area (TPSA) is 58.4 Å². The molecule has 18 heavy (non-hydrogen) atoms. The van der Waals surface area contributed by atoms with E-state index in [9.17, 15) is 4.79 Å². The quantitative estimate of drug-likeness (QED) is 0.884. The van der Waals surface area contributed by atoms with Gasteiger partial charge in [-0.05, 0) is 20.2 Å². The highest BCUT2D eigenvalue weighted by Crippen LogP contribution is 2.33. The predicted molar refractivity (Wildman–Crippen MR) is 77.1 cm³/mol. The smallest absolute Gasteiger partial charge is 0.263 e. The van der Waals surface area contributed by atoms with Gasteiger partial charge in [-0.2, -0.15) is 0 Å². The van der Waals surface area contributed by atoms with E-state index < -0.39 is 0 Å². The number of carbonyl (C=O) groups is 1. The van der Waals surface area contributed by atoms with E-state index in [1.54, 1.807) is 0 Å². The minimum absolute atomic E-state index is 0.0875. The molecule has 96 valence electrons. The summed E-state index contributed by atoms with van der Waals surface area (Å²) in [6.45, 7) is 1.44. The summed E-state index contributed by atoms with van der Waals surface area (Å²) >= 11 is 1.44. The molecule has 0 aliphatic carbocycles. The van der Waals surface area contributed by atoms with E-state index in [0.717, 1.165) is 16.6 Å². The molecule has 2 aromatic rings.